The zero-order valence-corrected chi connectivity index (χ0v) is 46.2. The summed E-state index contributed by atoms with van der Waals surface area (Å²) in [4.78, 5) is 12.1. The van der Waals surface area contributed by atoms with E-state index < -0.39 is 16.1 Å². The van der Waals surface area contributed by atoms with Crippen LogP contribution in [0.15, 0.2) is 217 Å². The number of thiophene rings is 1. The van der Waals surface area contributed by atoms with Crippen molar-refractivity contribution < 1.29 is 0 Å². The molecule has 0 N–H and O–H groups in total. The summed E-state index contributed by atoms with van der Waals surface area (Å²) < 4.78 is 2.73. The van der Waals surface area contributed by atoms with E-state index in [0.717, 1.165) is 0 Å². The molecule has 8 aromatic carbocycles. The van der Waals surface area contributed by atoms with E-state index in [1.54, 1.807) is 0 Å². The number of para-hydroxylation sites is 4. The number of fused-ring (bicyclic) bond motifs is 11. The molecule has 1 aliphatic carbocycles. The minimum absolute atomic E-state index is 0.00819. The number of anilines is 11. The molecule has 6 heterocycles. The molecule has 0 radical (unpaired) electrons. The van der Waals surface area contributed by atoms with Gasteiger partial charge in [-0.3, -0.25) is 0 Å². The Morgan fingerprint density at radius 3 is 1.43 bits per heavy atom. The SMILES string of the molecule is C[Si](C)(C)c1cc2c3c(c1)N(c1ccccc1)c1cc4c(cc1B3C1=C(C3C=CC=CC3S1)N2c1ccccc1)B1c2sc3ccccc3c2N(c2ccccc2)c2cc([Si](C)(C)C)cc(c21)N4c1ccccc1. The van der Waals surface area contributed by atoms with Crippen LogP contribution < -0.4 is 56.6 Å². The lowest BCUT2D eigenvalue weighted by molar-refractivity contribution is 0.775. The zero-order chi connectivity index (χ0) is 49.8. The Bertz CT molecular complexity index is 3900. The largest absolute Gasteiger partial charge is 0.314 e. The first-order chi connectivity index (χ1) is 36.0. The average Bonchev–Trinajstić information content (AvgIpc) is 4.01. The molecule has 0 saturated carbocycles. The first-order valence-electron chi connectivity index (χ1n) is 26.2. The van der Waals surface area contributed by atoms with Crippen LogP contribution in [0.4, 0.5) is 62.6 Å². The maximum absolute atomic E-state index is 2.72. The molecule has 0 saturated heterocycles. The second kappa shape index (κ2) is 16.3. The Labute approximate surface area is 446 Å². The Hall–Kier alpha value is -6.95. The maximum Gasteiger partial charge on any atom is 0.264 e. The molecule has 5 aliphatic heterocycles. The van der Waals surface area contributed by atoms with Crippen LogP contribution in [0.2, 0.25) is 39.3 Å². The van der Waals surface area contributed by atoms with Crippen LogP contribution in [-0.4, -0.2) is 34.8 Å². The molecule has 15 rings (SSSR count). The van der Waals surface area contributed by atoms with E-state index in [0.29, 0.717) is 5.25 Å². The number of nitrogens with zero attached hydrogens (tertiary/aromatic N) is 4. The van der Waals surface area contributed by atoms with Gasteiger partial charge >= 0.3 is 0 Å². The molecule has 2 atom stereocenters. The molecule has 0 bridgehead atoms. The first-order valence-corrected chi connectivity index (χ1v) is 34.9. The van der Waals surface area contributed by atoms with Crippen molar-refractivity contribution in [2.45, 2.75) is 44.5 Å². The van der Waals surface area contributed by atoms with Gasteiger partial charge in [-0.05, 0) is 112 Å². The lowest BCUT2D eigenvalue weighted by Gasteiger charge is -2.47. The van der Waals surface area contributed by atoms with Crippen molar-refractivity contribution in [1.29, 1.82) is 0 Å². The van der Waals surface area contributed by atoms with Gasteiger partial charge in [0.05, 0.1) is 21.8 Å². The van der Waals surface area contributed by atoms with E-state index in [2.05, 4.69) is 277 Å². The van der Waals surface area contributed by atoms with Crippen molar-refractivity contribution in [1.82, 2.24) is 0 Å². The van der Waals surface area contributed by atoms with Crippen molar-refractivity contribution in [2.24, 2.45) is 5.92 Å². The fraction of sp³-hybridized carbons (Fsp3) is 0.125. The highest BCUT2D eigenvalue weighted by Crippen LogP contribution is 2.56. The van der Waals surface area contributed by atoms with Crippen LogP contribution >= 0.6 is 23.1 Å². The highest BCUT2D eigenvalue weighted by molar-refractivity contribution is 8.06. The highest BCUT2D eigenvalue weighted by atomic mass is 32.2. The van der Waals surface area contributed by atoms with Crippen LogP contribution in [0, 0.1) is 5.92 Å². The van der Waals surface area contributed by atoms with Gasteiger partial charge in [0.25, 0.3) is 13.4 Å². The molecule has 2 unspecified atom stereocenters. The molecule has 0 amide bonds. The second-order valence-electron chi connectivity index (χ2n) is 22.8. The van der Waals surface area contributed by atoms with E-state index in [1.165, 1.54) is 120 Å². The van der Waals surface area contributed by atoms with Gasteiger partial charge in [0.1, 0.15) is 0 Å². The summed E-state index contributed by atoms with van der Waals surface area (Å²) in [5, 5.41) is 4.54. The van der Waals surface area contributed by atoms with Crippen molar-refractivity contribution in [3.8, 4) is 0 Å². The van der Waals surface area contributed by atoms with E-state index >= 15 is 0 Å². The fourth-order valence-electron chi connectivity index (χ4n) is 13.0. The number of hydrogen-bond donors (Lipinski definition) is 0. The zero-order valence-electron chi connectivity index (χ0n) is 42.5. The lowest BCUT2D eigenvalue weighted by Crippen LogP contribution is -2.63. The van der Waals surface area contributed by atoms with Crippen molar-refractivity contribution in [3.05, 3.63) is 217 Å². The van der Waals surface area contributed by atoms with E-state index in [9.17, 15) is 0 Å². The highest BCUT2D eigenvalue weighted by Gasteiger charge is 2.53. The maximum atomic E-state index is 2.72. The van der Waals surface area contributed by atoms with Gasteiger partial charge in [-0.15, -0.1) is 23.1 Å². The summed E-state index contributed by atoms with van der Waals surface area (Å²) in [5.74, 6) is 0.243. The topological polar surface area (TPSA) is 13.0 Å². The van der Waals surface area contributed by atoms with Gasteiger partial charge in [0, 0.05) is 88.6 Å². The van der Waals surface area contributed by atoms with Gasteiger partial charge in [0.2, 0.25) is 0 Å². The lowest BCUT2D eigenvalue weighted by atomic mass is 9.33. The Morgan fingerprint density at radius 2 is 0.878 bits per heavy atom. The minimum Gasteiger partial charge on any atom is -0.314 e. The predicted octanol–water partition coefficient (Wildman–Crippen LogP) is 13.2. The molecule has 1 aromatic heterocycles. The first kappa shape index (κ1) is 44.5. The van der Waals surface area contributed by atoms with Gasteiger partial charge in [0.15, 0.2) is 0 Å². The number of rotatable bonds is 6. The molecule has 4 nitrogen and oxygen atoms in total. The third-order valence-corrected chi connectivity index (χ3v) is 23.1. The monoisotopic (exact) mass is 1020 g/mol. The quantitative estimate of drug-likeness (QED) is 0.154. The number of benzene rings is 8. The smallest absolute Gasteiger partial charge is 0.264 e. The van der Waals surface area contributed by atoms with Crippen LogP contribution in [0.5, 0.6) is 0 Å². The summed E-state index contributed by atoms with van der Waals surface area (Å²) in [6.45, 7) is 15.1. The molecule has 74 heavy (non-hydrogen) atoms. The van der Waals surface area contributed by atoms with E-state index in [-0.39, 0.29) is 19.3 Å². The Balaban J connectivity index is 1.10. The standard InChI is InChI=1S/C64H54B2N4S2Si2/c1-73(2,3)45-35-53-59-55(37-45)69(43-27-15-9-16-28-43)61-47-31-19-21-33-57(47)71-63(61)65(59)49-39-50-52(40-51(49)67(53)41-23-11-7-12-24-41)68(42-25-13-8-14-26-42)54-36-46(74(4,5)6)38-56-60(54)66(50)64-62(48-32-20-22-34-58(48)72-64)70(56)44-29-17-10-18-30-44/h7-40,47,57H,1-6H3. The van der Waals surface area contributed by atoms with Gasteiger partial charge < -0.3 is 19.6 Å². The average molecular weight is 1020 g/mol. The van der Waals surface area contributed by atoms with Gasteiger partial charge in [-0.1, -0.05) is 171 Å². The van der Waals surface area contributed by atoms with E-state index in [4.69, 9.17) is 0 Å². The summed E-state index contributed by atoms with van der Waals surface area (Å²) in [5.41, 5.74) is 20.8. The van der Waals surface area contributed by atoms with Crippen molar-refractivity contribution >= 4 is 162 Å². The summed E-state index contributed by atoms with van der Waals surface area (Å²) in [6.07, 6.45) is 9.49. The summed E-state index contributed by atoms with van der Waals surface area (Å²) in [7, 11) is -3.80. The molecule has 0 spiro atoms. The number of hydrogen-bond acceptors (Lipinski definition) is 6. The molecule has 9 aromatic rings. The molecule has 0 fully saturated rings. The van der Waals surface area contributed by atoms with Gasteiger partial charge in [-0.25, -0.2) is 0 Å². The second-order valence-corrected chi connectivity index (χ2v) is 35.3. The van der Waals surface area contributed by atoms with Gasteiger partial charge in [-0.2, -0.15) is 0 Å². The van der Waals surface area contributed by atoms with E-state index in [1.807, 2.05) is 11.3 Å². The molecular formula is C64H54B2N4S2Si2. The number of thioether (sulfide) groups is 1. The third-order valence-electron chi connectivity index (χ3n) is 16.4. The van der Waals surface area contributed by atoms with Crippen LogP contribution in [0.1, 0.15) is 0 Å². The minimum atomic E-state index is -1.90. The predicted molar refractivity (Wildman–Crippen MR) is 330 cm³/mol. The van der Waals surface area contributed by atoms with Crippen LogP contribution in [0.3, 0.4) is 0 Å². The summed E-state index contributed by atoms with van der Waals surface area (Å²) in [6, 6.07) is 69.8. The van der Waals surface area contributed by atoms with Crippen molar-refractivity contribution in [2.75, 3.05) is 19.6 Å². The normalized spacial score (nSPS) is 17.8. The summed E-state index contributed by atoms with van der Waals surface area (Å²) >= 11 is 4.09. The van der Waals surface area contributed by atoms with Crippen LogP contribution in [-0.2, 0) is 0 Å². The van der Waals surface area contributed by atoms with Crippen LogP contribution in [0.25, 0.3) is 10.1 Å². The Kier molecular flexibility index (Phi) is 9.79. The Morgan fingerprint density at radius 1 is 0.432 bits per heavy atom. The third kappa shape index (κ3) is 6.47. The molecular weight excluding hydrogens is 967 g/mol. The number of allylic oxidation sites excluding steroid dienone is 3. The van der Waals surface area contributed by atoms with Crippen molar-refractivity contribution in [3.63, 3.8) is 0 Å². The fourth-order valence-corrected chi connectivity index (χ4v) is 18.1. The molecule has 10 heteroatoms. The molecule has 6 aliphatic rings. The molecule has 356 valence electrons.